The second-order valence-electron chi connectivity index (χ2n) is 18.2. The van der Waals surface area contributed by atoms with E-state index < -0.39 is 61.3 Å². The Bertz CT molecular complexity index is 2690. The zero-order chi connectivity index (χ0) is 50.4. The molecule has 0 N–H and O–H groups in total. The molecule has 0 bridgehead atoms. The van der Waals surface area contributed by atoms with E-state index in [9.17, 15) is 0 Å². The molecule has 9 rings (SSSR count). The normalized spacial score (nSPS) is 23.7. The van der Waals surface area contributed by atoms with E-state index in [4.69, 9.17) is 59.6 Å². The van der Waals surface area contributed by atoms with Gasteiger partial charge in [0.1, 0.15) is 48.8 Å². The number of benzene rings is 7. The summed E-state index contributed by atoms with van der Waals surface area (Å²) in [4.78, 5) is 4.57. The van der Waals surface area contributed by atoms with E-state index in [1.165, 1.54) is 0 Å². The molecule has 0 aliphatic carbocycles. The molecule has 12 heteroatoms. The van der Waals surface area contributed by atoms with Crippen LogP contribution in [-0.2, 0) is 93.6 Å². The number of aliphatic imine (C=N–C) groups is 1. The first kappa shape index (κ1) is 52.8. The minimum absolute atomic E-state index is 0.0855. The highest BCUT2D eigenvalue weighted by Crippen LogP contribution is 2.37. The molecular formula is C62H63NO10S. The van der Waals surface area contributed by atoms with E-state index >= 15 is 0 Å². The largest absolute Gasteiger partial charge is 0.374 e. The second kappa shape index (κ2) is 28.6. The highest BCUT2D eigenvalue weighted by molar-refractivity contribution is 7.78. The van der Waals surface area contributed by atoms with Crippen LogP contribution in [-0.4, -0.2) is 79.7 Å². The van der Waals surface area contributed by atoms with E-state index in [-0.39, 0.29) is 46.2 Å². The summed E-state index contributed by atoms with van der Waals surface area (Å²) in [5.74, 6) is 0. The molecule has 382 valence electrons. The Morgan fingerprint density at radius 2 is 0.635 bits per heavy atom. The lowest BCUT2D eigenvalue weighted by atomic mass is 9.95. The number of thiocarbonyl (C=S) groups is 1. The molecule has 7 aromatic carbocycles. The van der Waals surface area contributed by atoms with Gasteiger partial charge in [-0.2, -0.15) is 4.99 Å². The van der Waals surface area contributed by atoms with Crippen molar-refractivity contribution < 1.29 is 47.4 Å². The molecule has 0 aromatic heterocycles. The van der Waals surface area contributed by atoms with Crippen molar-refractivity contribution in [1.29, 1.82) is 0 Å². The van der Waals surface area contributed by atoms with Crippen LogP contribution in [0.5, 0.6) is 0 Å². The molecule has 2 heterocycles. The fraction of sp³-hybridized carbons (Fsp3) is 0.306. The number of nitrogens with zero attached hydrogens (tertiary/aromatic N) is 1. The minimum atomic E-state index is -1.12. The van der Waals surface area contributed by atoms with E-state index in [1.54, 1.807) is 0 Å². The maximum Gasteiger partial charge on any atom is 0.187 e. The van der Waals surface area contributed by atoms with Crippen molar-refractivity contribution in [2.75, 3.05) is 13.2 Å². The van der Waals surface area contributed by atoms with Gasteiger partial charge in [-0.1, -0.05) is 212 Å². The van der Waals surface area contributed by atoms with Crippen molar-refractivity contribution in [2.45, 2.75) is 108 Å². The van der Waals surface area contributed by atoms with Crippen LogP contribution in [0.3, 0.4) is 0 Å². The van der Waals surface area contributed by atoms with Gasteiger partial charge in [0.25, 0.3) is 0 Å². The number of hydrogen-bond acceptors (Lipinski definition) is 12. The Labute approximate surface area is 439 Å². The molecule has 74 heavy (non-hydrogen) atoms. The third-order valence-corrected chi connectivity index (χ3v) is 13.0. The Morgan fingerprint density at radius 1 is 0.338 bits per heavy atom. The summed E-state index contributed by atoms with van der Waals surface area (Å²) in [5.41, 5.74) is 6.84. The summed E-state index contributed by atoms with van der Waals surface area (Å²) in [7, 11) is 0. The van der Waals surface area contributed by atoms with Crippen molar-refractivity contribution in [3.8, 4) is 0 Å². The van der Waals surface area contributed by atoms with Crippen LogP contribution in [0.2, 0.25) is 0 Å². The van der Waals surface area contributed by atoms with Crippen LogP contribution in [0.15, 0.2) is 217 Å². The van der Waals surface area contributed by atoms with Crippen LogP contribution in [0.1, 0.15) is 38.9 Å². The molecule has 0 unspecified atom stereocenters. The van der Waals surface area contributed by atoms with Crippen molar-refractivity contribution in [1.82, 2.24) is 0 Å². The first-order chi connectivity index (χ1) is 36.7. The topological polar surface area (TPSA) is 105 Å². The zero-order valence-corrected chi connectivity index (χ0v) is 42.1. The highest BCUT2D eigenvalue weighted by Gasteiger charge is 2.54. The fourth-order valence-electron chi connectivity index (χ4n) is 9.13. The quantitative estimate of drug-likeness (QED) is 0.0382. The Balaban J connectivity index is 1.12. The maximum absolute atomic E-state index is 7.51. The van der Waals surface area contributed by atoms with Crippen molar-refractivity contribution >= 4 is 17.4 Å². The summed E-state index contributed by atoms with van der Waals surface area (Å²) in [5, 5.41) is 2.57. The van der Waals surface area contributed by atoms with E-state index in [1.807, 2.05) is 212 Å². The second-order valence-corrected chi connectivity index (χ2v) is 18.4. The van der Waals surface area contributed by atoms with Gasteiger partial charge < -0.3 is 47.4 Å². The molecule has 2 saturated heterocycles. The molecule has 2 aliphatic rings. The Morgan fingerprint density at radius 3 is 1.00 bits per heavy atom. The van der Waals surface area contributed by atoms with Crippen molar-refractivity contribution in [2.24, 2.45) is 4.99 Å². The number of hydrogen-bond donors (Lipinski definition) is 0. The van der Waals surface area contributed by atoms with Crippen molar-refractivity contribution in [3.63, 3.8) is 0 Å². The number of rotatable bonds is 26. The van der Waals surface area contributed by atoms with E-state index in [0.29, 0.717) is 13.2 Å². The standard InChI is InChI=1S/C62H63NO10S/c74-45-63-61-59(69-41-51-32-18-6-19-33-51)58(68-40-50-30-16-5-17-31-50)56(54(71-61)44-65-37-47-24-10-2-11-25-47)73-62-60(70-42-52-34-20-7-21-35-52)57(67-39-49-28-14-4-15-29-49)55(66-38-48-26-12-3-13-27-48)53(72-62)43-64-36-46-22-8-1-9-23-46/h1-35,53-62H,36-44H2/t53-,54-,55-,56-,57+,58+,59-,60-,61+,62+/m1/s1. The van der Waals surface area contributed by atoms with Crippen LogP contribution < -0.4 is 0 Å². The van der Waals surface area contributed by atoms with Crippen LogP contribution in [0, 0.1) is 0 Å². The van der Waals surface area contributed by atoms with Gasteiger partial charge in [0, 0.05) is 0 Å². The molecule has 0 amide bonds. The molecular weight excluding hydrogens is 951 g/mol. The summed E-state index contributed by atoms with van der Waals surface area (Å²) in [6, 6.07) is 70.1. The summed E-state index contributed by atoms with van der Waals surface area (Å²) in [6.07, 6.45) is -8.50. The molecule has 11 nitrogen and oxygen atoms in total. The summed E-state index contributed by atoms with van der Waals surface area (Å²) >= 11 is 5.26. The predicted molar refractivity (Wildman–Crippen MR) is 285 cm³/mol. The highest BCUT2D eigenvalue weighted by atomic mass is 32.1. The molecule has 0 spiro atoms. The molecule has 0 radical (unpaired) electrons. The number of isothiocyanates is 1. The Kier molecular flexibility index (Phi) is 20.4. The van der Waals surface area contributed by atoms with Gasteiger partial charge >= 0.3 is 0 Å². The van der Waals surface area contributed by atoms with Crippen LogP contribution in [0.4, 0.5) is 0 Å². The third kappa shape index (κ3) is 15.5. The lowest BCUT2D eigenvalue weighted by Gasteiger charge is -2.49. The van der Waals surface area contributed by atoms with Gasteiger partial charge in [-0.3, -0.25) is 0 Å². The first-order valence-corrected chi connectivity index (χ1v) is 25.6. The first-order valence-electron chi connectivity index (χ1n) is 25.2. The molecule has 0 saturated carbocycles. The van der Waals surface area contributed by atoms with Crippen LogP contribution >= 0.6 is 12.2 Å². The van der Waals surface area contributed by atoms with Gasteiger partial charge in [-0.25, -0.2) is 0 Å². The maximum atomic E-state index is 7.51. The average Bonchev–Trinajstić information content (AvgIpc) is 3.45. The molecule has 7 aromatic rings. The monoisotopic (exact) mass is 1010 g/mol. The van der Waals surface area contributed by atoms with E-state index in [2.05, 4.69) is 10.2 Å². The Hall–Kier alpha value is -6.06. The zero-order valence-electron chi connectivity index (χ0n) is 41.3. The van der Waals surface area contributed by atoms with Gasteiger partial charge in [-0.15, -0.1) is 0 Å². The minimum Gasteiger partial charge on any atom is -0.374 e. The third-order valence-electron chi connectivity index (χ3n) is 12.9. The van der Waals surface area contributed by atoms with Gasteiger partial charge in [0.2, 0.25) is 0 Å². The predicted octanol–water partition coefficient (Wildman–Crippen LogP) is 11.3. The lowest BCUT2D eigenvalue weighted by molar-refractivity contribution is -0.363. The molecule has 2 fully saturated rings. The summed E-state index contributed by atoms with van der Waals surface area (Å²) in [6.45, 7) is 2.08. The fourth-order valence-corrected chi connectivity index (χ4v) is 9.23. The number of ether oxygens (including phenoxy) is 10. The smallest absolute Gasteiger partial charge is 0.187 e. The van der Waals surface area contributed by atoms with Crippen molar-refractivity contribution in [3.05, 3.63) is 251 Å². The average molecular weight is 1010 g/mol. The lowest BCUT2D eigenvalue weighted by Crippen LogP contribution is -2.66. The van der Waals surface area contributed by atoms with Gasteiger partial charge in [0.05, 0.1) is 64.6 Å². The SMILES string of the molecule is S=C=N[C@H]1O[C@H](COCc2ccccc2)[C@@H](O[C@@H]2O[C@H](COCc3ccccc3)[C@@H](OCc3ccccc3)[C@H](OCc3ccccc3)[C@H]2OCc2ccccc2)[C@H](OCc2ccccc2)[C@H]1OCc1ccccc1. The molecule has 2 aliphatic heterocycles. The van der Waals surface area contributed by atoms with E-state index in [0.717, 1.165) is 38.9 Å². The van der Waals surface area contributed by atoms with Crippen LogP contribution in [0.25, 0.3) is 0 Å². The summed E-state index contributed by atoms with van der Waals surface area (Å²) < 4.78 is 69.8. The van der Waals surface area contributed by atoms with Gasteiger partial charge in [-0.05, 0) is 51.2 Å². The van der Waals surface area contributed by atoms with Gasteiger partial charge in [0.15, 0.2) is 12.5 Å². The molecule has 10 atom stereocenters.